The molecule has 5 heteroatoms. The second-order valence-electron chi connectivity index (χ2n) is 6.29. The Morgan fingerprint density at radius 2 is 1.86 bits per heavy atom. The van der Waals surface area contributed by atoms with Crippen LogP contribution in [0.1, 0.15) is 53.3 Å². The van der Waals surface area contributed by atoms with Gasteiger partial charge in [-0.2, -0.15) is 0 Å². The van der Waals surface area contributed by atoms with Crippen molar-refractivity contribution in [3.8, 4) is 0 Å². The van der Waals surface area contributed by atoms with Crippen LogP contribution in [0.15, 0.2) is 18.2 Å². The highest BCUT2D eigenvalue weighted by Gasteiger charge is 2.42. The van der Waals surface area contributed by atoms with Gasteiger partial charge in [0.2, 0.25) is 0 Å². The number of hydrogen-bond donors (Lipinski definition) is 1. The number of fused-ring (bicyclic) bond motifs is 1. The third kappa shape index (κ3) is 2.46. The van der Waals surface area contributed by atoms with E-state index in [4.69, 9.17) is 0 Å². The van der Waals surface area contributed by atoms with Crippen LogP contribution in [-0.2, 0) is 0 Å². The SMILES string of the molecule is CC1CCC(O)(CN2C(=O)c3ccc(F)cc3C2=O)CC1. The van der Waals surface area contributed by atoms with E-state index in [1.807, 2.05) is 0 Å². The molecule has 0 aromatic heterocycles. The van der Waals surface area contributed by atoms with Gasteiger partial charge in [-0.25, -0.2) is 4.39 Å². The fourth-order valence-corrected chi connectivity index (χ4v) is 3.16. The third-order valence-corrected chi connectivity index (χ3v) is 4.59. The van der Waals surface area contributed by atoms with Gasteiger partial charge in [0.15, 0.2) is 0 Å². The van der Waals surface area contributed by atoms with Crippen molar-refractivity contribution in [2.75, 3.05) is 6.54 Å². The molecule has 0 unspecified atom stereocenters. The number of β-amino-alcohol motifs (C(OH)–C–C–N with tert-alkyl or cyclic N) is 1. The minimum atomic E-state index is -1.02. The largest absolute Gasteiger partial charge is 0.388 e. The first-order valence-electron chi connectivity index (χ1n) is 7.28. The van der Waals surface area contributed by atoms with E-state index in [9.17, 15) is 19.1 Å². The van der Waals surface area contributed by atoms with Crippen LogP contribution in [0, 0.1) is 11.7 Å². The van der Waals surface area contributed by atoms with Gasteiger partial charge in [-0.1, -0.05) is 6.92 Å². The Morgan fingerprint density at radius 3 is 2.52 bits per heavy atom. The van der Waals surface area contributed by atoms with Gasteiger partial charge in [-0.05, 0) is 49.8 Å². The lowest BCUT2D eigenvalue weighted by atomic mass is 9.79. The molecule has 1 saturated carbocycles. The van der Waals surface area contributed by atoms with E-state index in [1.165, 1.54) is 12.1 Å². The molecule has 0 saturated heterocycles. The Hall–Kier alpha value is -1.75. The minimum Gasteiger partial charge on any atom is -0.388 e. The van der Waals surface area contributed by atoms with Crippen LogP contribution < -0.4 is 0 Å². The van der Waals surface area contributed by atoms with Gasteiger partial charge in [0.25, 0.3) is 11.8 Å². The molecule has 2 amide bonds. The number of amides is 2. The molecule has 1 N–H and O–H groups in total. The number of benzene rings is 1. The monoisotopic (exact) mass is 291 g/mol. The summed E-state index contributed by atoms with van der Waals surface area (Å²) in [6.45, 7) is 2.12. The highest BCUT2D eigenvalue weighted by atomic mass is 19.1. The summed E-state index contributed by atoms with van der Waals surface area (Å²) in [6.07, 6.45) is 2.93. The van der Waals surface area contributed by atoms with Crippen LogP contribution in [-0.4, -0.2) is 34.0 Å². The molecule has 1 aromatic carbocycles. The van der Waals surface area contributed by atoms with E-state index < -0.39 is 23.2 Å². The Bertz CT molecular complexity index is 606. The molecule has 21 heavy (non-hydrogen) atoms. The van der Waals surface area contributed by atoms with Crippen molar-refractivity contribution in [1.29, 1.82) is 0 Å². The third-order valence-electron chi connectivity index (χ3n) is 4.59. The van der Waals surface area contributed by atoms with Crippen molar-refractivity contribution >= 4 is 11.8 Å². The summed E-state index contributed by atoms with van der Waals surface area (Å²) < 4.78 is 13.2. The van der Waals surface area contributed by atoms with Crippen molar-refractivity contribution in [3.05, 3.63) is 35.1 Å². The van der Waals surface area contributed by atoms with Crippen molar-refractivity contribution in [1.82, 2.24) is 4.90 Å². The second kappa shape index (κ2) is 4.91. The summed E-state index contributed by atoms with van der Waals surface area (Å²) in [5, 5.41) is 10.6. The summed E-state index contributed by atoms with van der Waals surface area (Å²) in [5.41, 5.74) is -0.708. The van der Waals surface area contributed by atoms with Gasteiger partial charge in [0.1, 0.15) is 5.82 Å². The molecule has 1 fully saturated rings. The van der Waals surface area contributed by atoms with Gasteiger partial charge in [0.05, 0.1) is 23.3 Å². The van der Waals surface area contributed by atoms with E-state index in [-0.39, 0.29) is 17.7 Å². The fourth-order valence-electron chi connectivity index (χ4n) is 3.16. The van der Waals surface area contributed by atoms with Gasteiger partial charge in [-0.15, -0.1) is 0 Å². The average Bonchev–Trinajstić information content (AvgIpc) is 2.67. The number of carbonyl (C=O) groups excluding carboxylic acids is 2. The Kier molecular flexibility index (Phi) is 3.32. The van der Waals surface area contributed by atoms with Crippen molar-refractivity contribution in [2.24, 2.45) is 5.92 Å². The molecule has 0 radical (unpaired) electrons. The molecule has 112 valence electrons. The molecule has 1 aromatic rings. The standard InChI is InChI=1S/C16H18FNO3/c1-10-4-6-16(21,7-5-10)9-18-14(19)12-3-2-11(17)8-13(12)15(18)20/h2-3,8,10,21H,4-7,9H2,1H3. The Balaban J connectivity index is 1.82. The molecular weight excluding hydrogens is 273 g/mol. The quantitative estimate of drug-likeness (QED) is 0.851. The molecule has 1 aliphatic carbocycles. The second-order valence-corrected chi connectivity index (χ2v) is 6.29. The van der Waals surface area contributed by atoms with Crippen LogP contribution in [0.25, 0.3) is 0 Å². The molecular formula is C16H18FNO3. The van der Waals surface area contributed by atoms with E-state index in [1.54, 1.807) is 0 Å². The van der Waals surface area contributed by atoms with Crippen molar-refractivity contribution in [3.63, 3.8) is 0 Å². The zero-order chi connectivity index (χ0) is 15.2. The smallest absolute Gasteiger partial charge is 0.261 e. The number of hydrogen-bond acceptors (Lipinski definition) is 3. The molecule has 2 aliphatic rings. The number of nitrogens with zero attached hydrogens (tertiary/aromatic N) is 1. The van der Waals surface area contributed by atoms with Crippen LogP contribution in [0.3, 0.4) is 0 Å². The minimum absolute atomic E-state index is 0.00626. The van der Waals surface area contributed by atoms with E-state index in [2.05, 4.69) is 6.92 Å². The van der Waals surface area contributed by atoms with Crippen molar-refractivity contribution < 1.29 is 19.1 Å². The maximum Gasteiger partial charge on any atom is 0.261 e. The Morgan fingerprint density at radius 1 is 1.24 bits per heavy atom. The molecule has 1 aliphatic heterocycles. The lowest BCUT2D eigenvalue weighted by Gasteiger charge is -2.37. The lowest BCUT2D eigenvalue weighted by Crippen LogP contribution is -2.47. The van der Waals surface area contributed by atoms with Gasteiger partial charge in [-0.3, -0.25) is 14.5 Å². The molecule has 4 nitrogen and oxygen atoms in total. The number of imide groups is 1. The highest BCUT2D eigenvalue weighted by Crippen LogP contribution is 2.34. The number of carbonyl (C=O) groups is 2. The van der Waals surface area contributed by atoms with E-state index in [0.29, 0.717) is 18.8 Å². The predicted octanol–water partition coefficient (Wildman–Crippen LogP) is 2.36. The van der Waals surface area contributed by atoms with Crippen LogP contribution in [0.2, 0.25) is 0 Å². The van der Waals surface area contributed by atoms with E-state index in [0.717, 1.165) is 23.8 Å². The van der Waals surface area contributed by atoms with E-state index >= 15 is 0 Å². The maximum absolute atomic E-state index is 13.2. The molecule has 0 bridgehead atoms. The predicted molar refractivity (Wildman–Crippen MR) is 74.3 cm³/mol. The van der Waals surface area contributed by atoms with Gasteiger partial charge >= 0.3 is 0 Å². The number of rotatable bonds is 2. The fraction of sp³-hybridized carbons (Fsp3) is 0.500. The number of aliphatic hydroxyl groups is 1. The topological polar surface area (TPSA) is 57.6 Å². The van der Waals surface area contributed by atoms with Gasteiger partial charge in [0, 0.05) is 0 Å². The average molecular weight is 291 g/mol. The normalized spacial score (nSPS) is 28.9. The first-order valence-corrected chi connectivity index (χ1v) is 7.28. The summed E-state index contributed by atoms with van der Waals surface area (Å²) in [7, 11) is 0. The summed E-state index contributed by atoms with van der Waals surface area (Å²) in [5.74, 6) is -0.938. The summed E-state index contributed by atoms with van der Waals surface area (Å²) >= 11 is 0. The molecule has 0 spiro atoms. The highest BCUT2D eigenvalue weighted by molar-refractivity contribution is 6.21. The van der Waals surface area contributed by atoms with Crippen LogP contribution >= 0.6 is 0 Å². The first-order chi connectivity index (χ1) is 9.89. The zero-order valence-electron chi connectivity index (χ0n) is 11.9. The number of halogens is 1. The van der Waals surface area contributed by atoms with Crippen LogP contribution in [0.4, 0.5) is 4.39 Å². The molecule has 3 rings (SSSR count). The lowest BCUT2D eigenvalue weighted by molar-refractivity contribution is -0.0261. The maximum atomic E-state index is 13.2. The summed E-state index contributed by atoms with van der Waals surface area (Å²) in [6, 6.07) is 3.59. The Labute approximate surface area is 122 Å². The summed E-state index contributed by atoms with van der Waals surface area (Å²) in [4.78, 5) is 25.6. The van der Waals surface area contributed by atoms with Gasteiger partial charge < -0.3 is 5.11 Å². The first kappa shape index (κ1) is 14.2. The van der Waals surface area contributed by atoms with Crippen LogP contribution in [0.5, 0.6) is 0 Å². The zero-order valence-corrected chi connectivity index (χ0v) is 11.9. The molecule has 1 heterocycles. The molecule has 0 atom stereocenters. The van der Waals surface area contributed by atoms with Crippen molar-refractivity contribution in [2.45, 2.75) is 38.2 Å².